The van der Waals surface area contributed by atoms with Gasteiger partial charge in [-0.05, 0) is 58.0 Å². The maximum Gasteiger partial charge on any atom is 0.210 e. The van der Waals surface area contributed by atoms with Crippen LogP contribution in [0.15, 0.2) is 53.7 Å². The molecule has 13 heteroatoms. The van der Waals surface area contributed by atoms with E-state index in [1.165, 1.54) is 18.3 Å². The van der Waals surface area contributed by atoms with Crippen LogP contribution in [0, 0.1) is 5.92 Å². The molecular weight excluding hydrogens is 531 g/mol. The number of aromatic nitrogens is 4. The van der Waals surface area contributed by atoms with Gasteiger partial charge in [-0.1, -0.05) is 18.2 Å². The molecule has 5 rings (SSSR count). The van der Waals surface area contributed by atoms with Crippen molar-refractivity contribution in [3.8, 4) is 0 Å². The number of piperidine rings is 1. The molecule has 1 aliphatic rings. The average molecular weight is 563 g/mol. The fraction of sp³-hybridized carbons (Fsp3) is 0.440. The van der Waals surface area contributed by atoms with Crippen LogP contribution in [-0.4, -0.2) is 73.2 Å². The lowest BCUT2D eigenvalue weighted by Crippen LogP contribution is -2.60. The van der Waals surface area contributed by atoms with Crippen LogP contribution in [0.5, 0.6) is 0 Å². The van der Waals surface area contributed by atoms with Crippen molar-refractivity contribution in [1.82, 2.24) is 29.6 Å². The molecule has 10 nitrogen and oxygen atoms in total. The lowest BCUT2D eigenvalue weighted by molar-refractivity contribution is 0.0445. The molecule has 204 valence electrons. The summed E-state index contributed by atoms with van der Waals surface area (Å²) in [6, 6.07) is 9.56. The number of sulfonamides is 1. The Morgan fingerprint density at radius 3 is 2.42 bits per heavy atom. The van der Waals surface area contributed by atoms with E-state index in [1.54, 1.807) is 44.3 Å². The molecule has 3 aromatic heterocycles. The van der Waals surface area contributed by atoms with Crippen LogP contribution in [-0.2, 0) is 24.7 Å². The van der Waals surface area contributed by atoms with E-state index in [-0.39, 0.29) is 10.7 Å². The van der Waals surface area contributed by atoms with Crippen molar-refractivity contribution in [3.63, 3.8) is 0 Å². The number of hydrogen-bond donors (Lipinski definition) is 3. The number of nitrogens with zero attached hydrogens (tertiary/aromatic N) is 3. The Hall–Kier alpha value is -2.87. The van der Waals surface area contributed by atoms with Crippen LogP contribution in [0.25, 0.3) is 22.1 Å². The second-order valence-electron chi connectivity index (χ2n) is 10.5. The molecule has 1 atom stereocenters. The molecule has 0 aliphatic carbocycles. The first-order valence-electron chi connectivity index (χ1n) is 12.3. The van der Waals surface area contributed by atoms with E-state index >= 15 is 0 Å². The molecule has 0 spiro atoms. The van der Waals surface area contributed by atoms with E-state index in [4.69, 9.17) is 4.98 Å². The summed E-state index contributed by atoms with van der Waals surface area (Å²) in [5.74, 6) is -0.732. The van der Waals surface area contributed by atoms with Gasteiger partial charge in [-0.3, -0.25) is 4.90 Å². The van der Waals surface area contributed by atoms with Gasteiger partial charge < -0.3 is 9.97 Å². The van der Waals surface area contributed by atoms with Crippen LogP contribution < -0.4 is 4.72 Å². The minimum atomic E-state index is -4.40. The third-order valence-corrected chi connectivity index (χ3v) is 10.6. The number of benzene rings is 1. The first-order valence-corrected chi connectivity index (χ1v) is 15.7. The zero-order valence-electron chi connectivity index (χ0n) is 21.4. The van der Waals surface area contributed by atoms with E-state index < -0.39 is 42.9 Å². The Kier molecular flexibility index (Phi) is 6.61. The SMILES string of the molecule is CC(C)(CF)N1CCC(C(NS(C)(=O)=O)(c2nc3c(cnc4[nH]ccc43)[nH]2)S(=O)(=O)c2ccccc2)CC1. The summed E-state index contributed by atoms with van der Waals surface area (Å²) in [4.78, 5) is 15.0. The quantitative estimate of drug-likeness (QED) is 0.300. The molecule has 0 amide bonds. The Labute approximate surface area is 221 Å². The molecular formula is C25H31FN6O4S2. The number of nitrogens with one attached hydrogen (secondary N) is 3. The Morgan fingerprint density at radius 2 is 1.79 bits per heavy atom. The topological polar surface area (TPSA) is 141 Å². The Bertz CT molecular complexity index is 1680. The zero-order valence-corrected chi connectivity index (χ0v) is 23.0. The maximum atomic E-state index is 14.6. The summed E-state index contributed by atoms with van der Waals surface area (Å²) < 4.78 is 71.2. The highest BCUT2D eigenvalue weighted by atomic mass is 32.2. The fourth-order valence-electron chi connectivity index (χ4n) is 5.41. The van der Waals surface area contributed by atoms with Gasteiger partial charge in [0.15, 0.2) is 4.87 Å². The summed E-state index contributed by atoms with van der Waals surface area (Å²) in [7, 11) is -8.47. The normalized spacial score (nSPS) is 18.2. The van der Waals surface area contributed by atoms with Crippen molar-refractivity contribution in [1.29, 1.82) is 0 Å². The smallest absolute Gasteiger partial charge is 0.210 e. The molecule has 1 saturated heterocycles. The largest absolute Gasteiger partial charge is 0.346 e. The van der Waals surface area contributed by atoms with Gasteiger partial charge in [0.25, 0.3) is 0 Å². The lowest BCUT2D eigenvalue weighted by atomic mass is 9.86. The summed E-state index contributed by atoms with van der Waals surface area (Å²) >= 11 is 0. The van der Waals surface area contributed by atoms with Crippen molar-refractivity contribution in [2.24, 2.45) is 5.92 Å². The number of fused-ring (bicyclic) bond motifs is 3. The van der Waals surface area contributed by atoms with Gasteiger partial charge in [-0.2, -0.15) is 4.72 Å². The summed E-state index contributed by atoms with van der Waals surface area (Å²) in [6.45, 7) is 3.82. The first-order chi connectivity index (χ1) is 17.9. The van der Waals surface area contributed by atoms with Crippen LogP contribution in [0.2, 0.25) is 0 Å². The second kappa shape index (κ2) is 9.40. The number of hydrogen-bond acceptors (Lipinski definition) is 7. The molecule has 1 aliphatic heterocycles. The Balaban J connectivity index is 1.76. The number of pyridine rings is 1. The van der Waals surface area contributed by atoms with Gasteiger partial charge in [-0.15, -0.1) is 0 Å². The summed E-state index contributed by atoms with van der Waals surface area (Å²) in [5.41, 5.74) is 0.808. The van der Waals surface area contributed by atoms with Gasteiger partial charge in [0, 0.05) is 23.0 Å². The van der Waals surface area contributed by atoms with E-state index in [0.29, 0.717) is 48.0 Å². The highest BCUT2D eigenvalue weighted by Gasteiger charge is 2.57. The lowest BCUT2D eigenvalue weighted by Gasteiger charge is -2.46. The number of rotatable bonds is 8. The van der Waals surface area contributed by atoms with Crippen LogP contribution in [0.1, 0.15) is 32.5 Å². The van der Waals surface area contributed by atoms with Crippen molar-refractivity contribution in [2.75, 3.05) is 26.0 Å². The van der Waals surface area contributed by atoms with Gasteiger partial charge >= 0.3 is 0 Å². The van der Waals surface area contributed by atoms with Gasteiger partial charge in [0.1, 0.15) is 23.7 Å². The first kappa shape index (κ1) is 26.7. The van der Waals surface area contributed by atoms with Crippen LogP contribution in [0.3, 0.4) is 0 Å². The molecule has 38 heavy (non-hydrogen) atoms. The highest BCUT2D eigenvalue weighted by molar-refractivity contribution is 7.94. The van der Waals surface area contributed by atoms with Crippen molar-refractivity contribution in [2.45, 2.75) is 42.0 Å². The van der Waals surface area contributed by atoms with Crippen molar-refractivity contribution >= 4 is 41.9 Å². The standard InChI is InChI=1S/C25H31FN6O4S2/c1-24(2,16-26)32-13-10-17(11-14-32)25(31-37(3,33)34,38(35,36)18-7-5-4-6-8-18)23-29-20-15-28-22-19(9-12-27-22)21(20)30-23/h4-9,12,15,17,31H,10-11,13-14,16H2,1-3H3,(H,27,28)(H,29,30). The molecule has 0 radical (unpaired) electrons. The third kappa shape index (κ3) is 4.40. The Morgan fingerprint density at radius 1 is 1.11 bits per heavy atom. The number of halogens is 1. The number of aromatic amines is 2. The van der Waals surface area contributed by atoms with Gasteiger partial charge in [0.2, 0.25) is 19.9 Å². The predicted molar refractivity (Wildman–Crippen MR) is 143 cm³/mol. The monoisotopic (exact) mass is 562 g/mol. The van der Waals surface area contributed by atoms with Gasteiger partial charge in [0.05, 0.1) is 22.9 Å². The molecule has 4 heterocycles. The van der Waals surface area contributed by atoms with Crippen LogP contribution in [0.4, 0.5) is 4.39 Å². The van der Waals surface area contributed by atoms with Crippen molar-refractivity contribution in [3.05, 3.63) is 54.6 Å². The minimum absolute atomic E-state index is 0.0273. The maximum absolute atomic E-state index is 14.6. The number of alkyl halides is 1. The predicted octanol–water partition coefficient (Wildman–Crippen LogP) is 3.08. The summed E-state index contributed by atoms with van der Waals surface area (Å²) in [6.07, 6.45) is 4.78. The minimum Gasteiger partial charge on any atom is -0.346 e. The van der Waals surface area contributed by atoms with E-state index in [1.807, 2.05) is 4.90 Å². The number of sulfone groups is 1. The molecule has 4 aromatic rings. The average Bonchev–Trinajstić information content (AvgIpc) is 3.54. The van der Waals surface area contributed by atoms with Crippen LogP contribution >= 0.6 is 0 Å². The number of H-pyrrole nitrogens is 2. The number of imidazole rings is 1. The summed E-state index contributed by atoms with van der Waals surface area (Å²) in [5, 5.41) is 0.676. The third-order valence-electron chi connectivity index (χ3n) is 7.45. The molecule has 1 unspecified atom stereocenters. The van der Waals surface area contributed by atoms with E-state index in [0.717, 1.165) is 6.26 Å². The zero-order chi connectivity index (χ0) is 27.3. The van der Waals surface area contributed by atoms with Gasteiger partial charge in [-0.25, -0.2) is 31.2 Å². The van der Waals surface area contributed by atoms with E-state index in [9.17, 15) is 21.2 Å². The molecule has 0 saturated carbocycles. The molecule has 3 N–H and O–H groups in total. The molecule has 1 fully saturated rings. The van der Waals surface area contributed by atoms with E-state index in [2.05, 4.69) is 19.7 Å². The second-order valence-corrected chi connectivity index (χ2v) is 14.4. The fourth-order valence-corrected chi connectivity index (χ4v) is 9.03. The molecule has 1 aromatic carbocycles. The van der Waals surface area contributed by atoms with Crippen molar-refractivity contribution < 1.29 is 21.2 Å². The highest BCUT2D eigenvalue weighted by Crippen LogP contribution is 2.45. The molecule has 0 bridgehead atoms. The number of likely N-dealkylation sites (tertiary alicyclic amines) is 1.